The first-order valence-corrected chi connectivity index (χ1v) is 7.65. The highest BCUT2D eigenvalue weighted by molar-refractivity contribution is 5.84. The van der Waals surface area contributed by atoms with Crippen LogP contribution in [0.2, 0.25) is 0 Å². The maximum atomic E-state index is 12.5. The van der Waals surface area contributed by atoms with Crippen LogP contribution in [0, 0.1) is 0 Å². The lowest BCUT2D eigenvalue weighted by atomic mass is 9.97. The molecule has 1 aliphatic rings. The number of hydrogen-bond donors (Lipinski definition) is 1. The third-order valence-corrected chi connectivity index (χ3v) is 4.37. The Kier molecular flexibility index (Phi) is 5.60. The van der Waals surface area contributed by atoms with Crippen molar-refractivity contribution in [2.45, 2.75) is 37.8 Å². The van der Waals surface area contributed by atoms with Gasteiger partial charge in [0, 0.05) is 26.5 Å². The quantitative estimate of drug-likeness (QED) is 0.866. The number of likely N-dealkylation sites (tertiary alicyclic amines) is 1. The minimum absolute atomic E-state index is 0.00412. The van der Waals surface area contributed by atoms with E-state index in [4.69, 9.17) is 9.47 Å². The van der Waals surface area contributed by atoms with Gasteiger partial charge in [0.2, 0.25) is 5.91 Å². The molecule has 1 saturated heterocycles. The van der Waals surface area contributed by atoms with Crippen molar-refractivity contribution in [3.05, 3.63) is 29.8 Å². The Labute approximate surface area is 136 Å². The van der Waals surface area contributed by atoms with E-state index in [1.54, 1.807) is 7.11 Å². The average Bonchev–Trinajstić information content (AvgIpc) is 2.99. The van der Waals surface area contributed by atoms with Crippen LogP contribution in [0.25, 0.3) is 0 Å². The van der Waals surface area contributed by atoms with E-state index in [0.29, 0.717) is 13.0 Å². The minimum atomic E-state index is -0.977. The summed E-state index contributed by atoms with van der Waals surface area (Å²) < 4.78 is 10.3. The third kappa shape index (κ3) is 4.01. The van der Waals surface area contributed by atoms with Gasteiger partial charge in [-0.1, -0.05) is 19.1 Å². The molecule has 1 aliphatic heterocycles. The molecule has 1 amide bonds. The summed E-state index contributed by atoms with van der Waals surface area (Å²) in [6, 6.07) is 6.76. The number of carbonyl (C=O) groups is 2. The first kappa shape index (κ1) is 17.3. The van der Waals surface area contributed by atoms with Gasteiger partial charge in [-0.05, 0) is 23.6 Å². The van der Waals surface area contributed by atoms with Crippen LogP contribution in [-0.4, -0.2) is 54.8 Å². The summed E-state index contributed by atoms with van der Waals surface area (Å²) in [5.74, 6) is -0.361. The van der Waals surface area contributed by atoms with Gasteiger partial charge in [0.1, 0.15) is 11.8 Å². The van der Waals surface area contributed by atoms with Crippen molar-refractivity contribution in [1.82, 2.24) is 4.90 Å². The fourth-order valence-electron chi connectivity index (χ4n) is 2.91. The van der Waals surface area contributed by atoms with Gasteiger partial charge in [-0.2, -0.15) is 0 Å². The van der Waals surface area contributed by atoms with Crippen molar-refractivity contribution in [3.63, 3.8) is 0 Å². The summed E-state index contributed by atoms with van der Waals surface area (Å²) in [5, 5.41) is 9.29. The summed E-state index contributed by atoms with van der Waals surface area (Å²) in [6.07, 6.45) is 0.400. The molecule has 6 heteroatoms. The normalized spacial score (nSPS) is 22.0. The van der Waals surface area contributed by atoms with Crippen LogP contribution in [0.5, 0.6) is 5.75 Å². The molecule has 126 valence electrons. The topological polar surface area (TPSA) is 76.1 Å². The summed E-state index contributed by atoms with van der Waals surface area (Å²) in [5.41, 5.74) is 1.02. The number of amides is 1. The summed E-state index contributed by atoms with van der Waals surface area (Å²) in [4.78, 5) is 25.3. The summed E-state index contributed by atoms with van der Waals surface area (Å²) in [7, 11) is 3.14. The first-order chi connectivity index (χ1) is 11.0. The van der Waals surface area contributed by atoms with Crippen molar-refractivity contribution < 1.29 is 24.2 Å². The van der Waals surface area contributed by atoms with Crippen molar-refractivity contribution >= 4 is 11.9 Å². The van der Waals surface area contributed by atoms with E-state index in [2.05, 4.69) is 0 Å². The largest absolute Gasteiger partial charge is 0.497 e. The molecule has 1 heterocycles. The molecule has 1 aromatic carbocycles. The van der Waals surface area contributed by atoms with Crippen LogP contribution >= 0.6 is 0 Å². The Bertz CT molecular complexity index is 557. The standard InChI is InChI=1S/C17H23NO5/c1-11(12-4-6-13(22-2)7-5-12)8-16(19)18-10-14(23-3)9-15(18)17(20)21/h4-7,11,14-15H,8-10H2,1-3H3,(H,20,21). The van der Waals surface area contributed by atoms with Crippen molar-refractivity contribution in [2.24, 2.45) is 0 Å². The molecule has 0 aliphatic carbocycles. The SMILES string of the molecule is COc1ccc(C(C)CC(=O)N2CC(OC)CC2C(=O)O)cc1. The van der Waals surface area contributed by atoms with Crippen LogP contribution in [0.1, 0.15) is 31.2 Å². The number of aliphatic carboxylic acids is 1. The predicted molar refractivity (Wildman–Crippen MR) is 84.6 cm³/mol. The van der Waals surface area contributed by atoms with Gasteiger partial charge in [-0.15, -0.1) is 0 Å². The molecule has 0 spiro atoms. The van der Waals surface area contributed by atoms with Gasteiger partial charge in [0.05, 0.1) is 13.2 Å². The number of nitrogens with zero attached hydrogens (tertiary/aromatic N) is 1. The number of methoxy groups -OCH3 is 2. The molecule has 3 atom stereocenters. The zero-order valence-corrected chi connectivity index (χ0v) is 13.7. The second kappa shape index (κ2) is 7.46. The fourth-order valence-corrected chi connectivity index (χ4v) is 2.91. The number of benzene rings is 1. The van der Waals surface area contributed by atoms with E-state index in [1.165, 1.54) is 12.0 Å². The highest BCUT2D eigenvalue weighted by Gasteiger charge is 2.39. The van der Waals surface area contributed by atoms with Crippen LogP contribution in [0.15, 0.2) is 24.3 Å². The smallest absolute Gasteiger partial charge is 0.326 e. The van der Waals surface area contributed by atoms with E-state index < -0.39 is 12.0 Å². The van der Waals surface area contributed by atoms with E-state index in [-0.39, 0.29) is 24.3 Å². The highest BCUT2D eigenvalue weighted by atomic mass is 16.5. The highest BCUT2D eigenvalue weighted by Crippen LogP contribution is 2.26. The Morgan fingerprint density at radius 1 is 1.30 bits per heavy atom. The Morgan fingerprint density at radius 2 is 1.96 bits per heavy atom. The number of carbonyl (C=O) groups excluding carboxylic acids is 1. The lowest BCUT2D eigenvalue weighted by Crippen LogP contribution is -2.41. The number of carboxylic acid groups (broad SMARTS) is 1. The number of rotatable bonds is 6. The second-order valence-corrected chi connectivity index (χ2v) is 5.87. The van der Waals surface area contributed by atoms with Crippen LogP contribution in [-0.2, 0) is 14.3 Å². The summed E-state index contributed by atoms with van der Waals surface area (Å²) >= 11 is 0. The molecular formula is C17H23NO5. The number of ether oxygens (including phenoxy) is 2. The molecule has 0 aromatic heterocycles. The van der Waals surface area contributed by atoms with Crippen molar-refractivity contribution in [3.8, 4) is 5.75 Å². The van der Waals surface area contributed by atoms with Gasteiger partial charge in [-0.25, -0.2) is 4.79 Å². The molecule has 1 aromatic rings. The maximum Gasteiger partial charge on any atom is 0.326 e. The molecule has 0 saturated carbocycles. The average molecular weight is 321 g/mol. The Morgan fingerprint density at radius 3 is 2.48 bits per heavy atom. The zero-order chi connectivity index (χ0) is 17.0. The monoisotopic (exact) mass is 321 g/mol. The molecule has 3 unspecified atom stereocenters. The van der Waals surface area contributed by atoms with Crippen LogP contribution in [0.3, 0.4) is 0 Å². The summed E-state index contributed by atoms with van der Waals surface area (Å²) in [6.45, 7) is 2.29. The van der Waals surface area contributed by atoms with Gasteiger partial charge >= 0.3 is 5.97 Å². The first-order valence-electron chi connectivity index (χ1n) is 7.65. The van der Waals surface area contributed by atoms with E-state index in [0.717, 1.165) is 11.3 Å². The fraction of sp³-hybridized carbons (Fsp3) is 0.529. The Balaban J connectivity index is 2.03. The van der Waals surface area contributed by atoms with Gasteiger partial charge < -0.3 is 19.5 Å². The Hall–Kier alpha value is -2.08. The molecule has 1 N–H and O–H groups in total. The number of carboxylic acids is 1. The number of hydrogen-bond acceptors (Lipinski definition) is 4. The second-order valence-electron chi connectivity index (χ2n) is 5.87. The lowest BCUT2D eigenvalue weighted by Gasteiger charge is -2.23. The lowest BCUT2D eigenvalue weighted by molar-refractivity contribution is -0.148. The minimum Gasteiger partial charge on any atom is -0.497 e. The zero-order valence-electron chi connectivity index (χ0n) is 13.7. The van der Waals surface area contributed by atoms with E-state index in [1.807, 2.05) is 31.2 Å². The van der Waals surface area contributed by atoms with Gasteiger partial charge in [0.25, 0.3) is 0 Å². The molecule has 23 heavy (non-hydrogen) atoms. The molecule has 6 nitrogen and oxygen atoms in total. The van der Waals surface area contributed by atoms with Gasteiger partial charge in [-0.3, -0.25) is 4.79 Å². The van der Waals surface area contributed by atoms with Crippen molar-refractivity contribution in [1.29, 1.82) is 0 Å². The van der Waals surface area contributed by atoms with E-state index >= 15 is 0 Å². The van der Waals surface area contributed by atoms with Crippen molar-refractivity contribution in [2.75, 3.05) is 20.8 Å². The molecular weight excluding hydrogens is 298 g/mol. The predicted octanol–water partition coefficient (Wildman–Crippen LogP) is 1.89. The van der Waals surface area contributed by atoms with Crippen LogP contribution in [0.4, 0.5) is 0 Å². The molecule has 2 rings (SSSR count). The van der Waals surface area contributed by atoms with Gasteiger partial charge in [0.15, 0.2) is 0 Å². The molecule has 0 radical (unpaired) electrons. The molecule has 0 bridgehead atoms. The van der Waals surface area contributed by atoms with Crippen LogP contribution < -0.4 is 4.74 Å². The molecule has 1 fully saturated rings. The van der Waals surface area contributed by atoms with E-state index in [9.17, 15) is 14.7 Å². The maximum absolute atomic E-state index is 12.5. The third-order valence-electron chi connectivity index (χ3n) is 4.37.